The maximum atomic E-state index is 12.5. The second-order valence-corrected chi connectivity index (χ2v) is 9.11. The quantitative estimate of drug-likeness (QED) is 0.891. The Morgan fingerprint density at radius 3 is 2.81 bits per heavy atom. The highest BCUT2D eigenvalue weighted by Crippen LogP contribution is 2.48. The molecule has 116 valence electrons. The van der Waals surface area contributed by atoms with Crippen LogP contribution in [-0.4, -0.2) is 42.4 Å². The van der Waals surface area contributed by atoms with Crippen molar-refractivity contribution in [2.75, 3.05) is 13.6 Å². The van der Waals surface area contributed by atoms with Gasteiger partial charge in [0.1, 0.15) is 0 Å². The van der Waals surface area contributed by atoms with Gasteiger partial charge in [0.2, 0.25) is 0 Å². The summed E-state index contributed by atoms with van der Waals surface area (Å²) >= 11 is 0.865. The summed E-state index contributed by atoms with van der Waals surface area (Å²) in [5.74, 6) is 0.495. The van der Waals surface area contributed by atoms with Crippen LogP contribution < -0.4 is 0 Å². The minimum absolute atomic E-state index is 0.166. The largest absolute Gasteiger partial charge is 0.476 e. The van der Waals surface area contributed by atoms with E-state index in [9.17, 15) is 13.2 Å². The lowest BCUT2D eigenvalue weighted by Crippen LogP contribution is -2.34. The van der Waals surface area contributed by atoms with E-state index in [1.165, 1.54) is 36.1 Å². The van der Waals surface area contributed by atoms with Gasteiger partial charge in [0.15, 0.2) is 9.90 Å². The van der Waals surface area contributed by atoms with E-state index >= 15 is 0 Å². The van der Waals surface area contributed by atoms with Gasteiger partial charge in [-0.05, 0) is 37.0 Å². The van der Waals surface area contributed by atoms with E-state index in [0.717, 1.165) is 23.7 Å². The summed E-state index contributed by atoms with van der Waals surface area (Å²) in [5, 5.41) is 9.03. The van der Waals surface area contributed by atoms with Crippen molar-refractivity contribution in [3.63, 3.8) is 0 Å². The van der Waals surface area contributed by atoms with Gasteiger partial charge in [-0.15, -0.1) is 11.3 Å². The maximum Gasteiger partial charge on any atom is 0.356 e. The van der Waals surface area contributed by atoms with Gasteiger partial charge in [-0.3, -0.25) is 0 Å². The zero-order valence-corrected chi connectivity index (χ0v) is 13.4. The first-order chi connectivity index (χ1) is 9.89. The second-order valence-electron chi connectivity index (χ2n) is 6.01. The predicted octanol–water partition coefficient (Wildman–Crippen LogP) is 1.90. The van der Waals surface area contributed by atoms with Gasteiger partial charge in [-0.25, -0.2) is 18.2 Å². The Hall–Kier alpha value is -0.990. The SMILES string of the molecule is CN(CC1CC2CCC1C2)S(=O)(=O)c1scnc1C(=O)O. The second kappa shape index (κ2) is 5.33. The van der Waals surface area contributed by atoms with Crippen LogP contribution in [-0.2, 0) is 10.0 Å². The van der Waals surface area contributed by atoms with E-state index < -0.39 is 16.0 Å². The number of carbonyl (C=O) groups is 1. The van der Waals surface area contributed by atoms with Crippen molar-refractivity contribution in [1.82, 2.24) is 9.29 Å². The summed E-state index contributed by atoms with van der Waals surface area (Å²) in [4.78, 5) is 14.7. The average Bonchev–Trinajstić information content (AvgIpc) is 3.14. The van der Waals surface area contributed by atoms with Crippen molar-refractivity contribution in [3.05, 3.63) is 11.2 Å². The lowest BCUT2D eigenvalue weighted by Gasteiger charge is -2.26. The molecule has 0 amide bonds. The molecule has 0 radical (unpaired) electrons. The van der Waals surface area contributed by atoms with Crippen molar-refractivity contribution in [2.24, 2.45) is 17.8 Å². The number of carboxylic acids is 1. The van der Waals surface area contributed by atoms with E-state index in [-0.39, 0.29) is 9.90 Å². The highest BCUT2D eigenvalue weighted by Gasteiger charge is 2.41. The Kier molecular flexibility index (Phi) is 3.79. The Bertz CT molecular complexity index is 655. The molecule has 2 bridgehead atoms. The van der Waals surface area contributed by atoms with E-state index in [1.807, 2.05) is 0 Å². The zero-order chi connectivity index (χ0) is 15.2. The first kappa shape index (κ1) is 14.9. The summed E-state index contributed by atoms with van der Waals surface area (Å²) in [6, 6.07) is 0. The van der Waals surface area contributed by atoms with Crippen molar-refractivity contribution in [1.29, 1.82) is 0 Å². The molecule has 2 aliphatic rings. The number of thiazole rings is 1. The van der Waals surface area contributed by atoms with Crippen LogP contribution in [0.2, 0.25) is 0 Å². The zero-order valence-electron chi connectivity index (χ0n) is 11.7. The highest BCUT2D eigenvalue weighted by atomic mass is 32.2. The molecule has 8 heteroatoms. The first-order valence-corrected chi connectivity index (χ1v) is 9.34. The third kappa shape index (κ3) is 2.60. The van der Waals surface area contributed by atoms with E-state index in [4.69, 9.17) is 5.11 Å². The number of nitrogens with zero attached hydrogens (tertiary/aromatic N) is 2. The molecule has 2 saturated carbocycles. The number of carboxylic acid groups (broad SMARTS) is 1. The summed E-state index contributed by atoms with van der Waals surface area (Å²) in [6.07, 6.45) is 4.79. The molecule has 2 aliphatic carbocycles. The van der Waals surface area contributed by atoms with Crippen molar-refractivity contribution < 1.29 is 18.3 Å². The number of aromatic nitrogens is 1. The van der Waals surface area contributed by atoms with E-state index in [1.54, 1.807) is 0 Å². The molecule has 1 aromatic heterocycles. The summed E-state index contributed by atoms with van der Waals surface area (Å²) in [5.41, 5.74) is 0.890. The van der Waals surface area contributed by atoms with Crippen LogP contribution in [0, 0.1) is 17.8 Å². The number of hydrogen-bond acceptors (Lipinski definition) is 5. The first-order valence-electron chi connectivity index (χ1n) is 7.02. The van der Waals surface area contributed by atoms with Gasteiger partial charge < -0.3 is 5.11 Å². The van der Waals surface area contributed by atoms with Crippen LogP contribution in [0.1, 0.15) is 36.2 Å². The Balaban J connectivity index is 1.78. The van der Waals surface area contributed by atoms with Crippen LogP contribution in [0.15, 0.2) is 9.72 Å². The molecule has 6 nitrogen and oxygen atoms in total. The fourth-order valence-electron chi connectivity index (χ4n) is 3.73. The minimum atomic E-state index is -3.77. The molecule has 0 saturated heterocycles. The molecule has 1 aromatic rings. The number of sulfonamides is 1. The van der Waals surface area contributed by atoms with Gasteiger partial charge in [-0.2, -0.15) is 4.31 Å². The third-order valence-corrected chi connectivity index (χ3v) is 7.93. The molecule has 0 aliphatic heterocycles. The summed E-state index contributed by atoms with van der Waals surface area (Å²) in [7, 11) is -2.23. The van der Waals surface area contributed by atoms with E-state index in [0.29, 0.717) is 18.4 Å². The molecule has 3 atom stereocenters. The summed E-state index contributed by atoms with van der Waals surface area (Å²) < 4.78 is 26.2. The Labute approximate surface area is 127 Å². The molecule has 2 fully saturated rings. The van der Waals surface area contributed by atoms with Gasteiger partial charge in [-0.1, -0.05) is 6.42 Å². The number of fused-ring (bicyclic) bond motifs is 2. The topological polar surface area (TPSA) is 87.6 Å². The number of hydrogen-bond donors (Lipinski definition) is 1. The molecule has 0 spiro atoms. The van der Waals surface area contributed by atoms with Crippen LogP contribution in [0.3, 0.4) is 0 Å². The lowest BCUT2D eigenvalue weighted by molar-refractivity contribution is 0.0687. The van der Waals surface area contributed by atoms with Gasteiger partial charge in [0.05, 0.1) is 5.51 Å². The standard InChI is InChI=1S/C13H18N2O4S2/c1-15(6-10-5-8-2-3-9(10)4-8)21(18,19)13-11(12(16)17)14-7-20-13/h7-10H,2-6H2,1H3,(H,16,17). The maximum absolute atomic E-state index is 12.5. The number of aromatic carboxylic acids is 1. The molecular weight excluding hydrogens is 312 g/mol. The van der Waals surface area contributed by atoms with Crippen LogP contribution >= 0.6 is 11.3 Å². The normalized spacial score (nSPS) is 28.4. The molecule has 1 N–H and O–H groups in total. The lowest BCUT2D eigenvalue weighted by atomic mass is 9.89. The fourth-order valence-corrected chi connectivity index (χ4v) is 6.29. The molecular formula is C13H18N2O4S2. The monoisotopic (exact) mass is 330 g/mol. The van der Waals surface area contributed by atoms with Gasteiger partial charge in [0, 0.05) is 13.6 Å². The van der Waals surface area contributed by atoms with E-state index in [2.05, 4.69) is 4.98 Å². The molecule has 1 heterocycles. The molecule has 21 heavy (non-hydrogen) atoms. The van der Waals surface area contributed by atoms with Crippen LogP contribution in [0.25, 0.3) is 0 Å². The Morgan fingerprint density at radius 2 is 2.24 bits per heavy atom. The Morgan fingerprint density at radius 1 is 1.48 bits per heavy atom. The average molecular weight is 330 g/mol. The van der Waals surface area contributed by atoms with Gasteiger partial charge >= 0.3 is 5.97 Å². The molecule has 3 unspecified atom stereocenters. The van der Waals surface area contributed by atoms with Crippen molar-refractivity contribution in [2.45, 2.75) is 29.9 Å². The van der Waals surface area contributed by atoms with Gasteiger partial charge in [0.25, 0.3) is 10.0 Å². The van der Waals surface area contributed by atoms with Crippen molar-refractivity contribution in [3.8, 4) is 0 Å². The smallest absolute Gasteiger partial charge is 0.356 e. The predicted molar refractivity (Wildman–Crippen MR) is 77.8 cm³/mol. The number of rotatable bonds is 5. The summed E-state index contributed by atoms with van der Waals surface area (Å²) in [6.45, 7) is 0.473. The van der Waals surface area contributed by atoms with Crippen LogP contribution in [0.4, 0.5) is 0 Å². The molecule has 0 aromatic carbocycles. The highest BCUT2D eigenvalue weighted by molar-refractivity contribution is 7.91. The van der Waals surface area contributed by atoms with Crippen molar-refractivity contribution >= 4 is 27.3 Å². The fraction of sp³-hybridized carbons (Fsp3) is 0.692. The third-order valence-electron chi connectivity index (χ3n) is 4.76. The molecule has 3 rings (SSSR count). The minimum Gasteiger partial charge on any atom is -0.476 e. The van der Waals surface area contributed by atoms with Crippen LogP contribution in [0.5, 0.6) is 0 Å².